The number of imide groups is 1. The first-order chi connectivity index (χ1) is 17.7. The quantitative estimate of drug-likeness (QED) is 0.403. The van der Waals surface area contributed by atoms with Gasteiger partial charge in [0.25, 0.3) is 0 Å². The van der Waals surface area contributed by atoms with Gasteiger partial charge in [-0.2, -0.15) is 0 Å². The summed E-state index contributed by atoms with van der Waals surface area (Å²) in [5, 5.41) is 13.5. The highest BCUT2D eigenvalue weighted by molar-refractivity contribution is 6.12. The zero-order valence-electron chi connectivity index (χ0n) is 21.3. The lowest BCUT2D eigenvalue weighted by atomic mass is 9.56. The molecule has 0 saturated carbocycles. The lowest BCUT2D eigenvalue weighted by Gasteiger charge is -2.60. The van der Waals surface area contributed by atoms with Crippen LogP contribution in [0.5, 0.6) is 5.75 Å². The Kier molecular flexibility index (Phi) is 7.34. The molecule has 0 unspecified atom stereocenters. The number of hydrogen-bond donors (Lipinski definition) is 2. The van der Waals surface area contributed by atoms with Crippen molar-refractivity contribution in [3.63, 3.8) is 0 Å². The number of ether oxygens (including phenoxy) is 1. The van der Waals surface area contributed by atoms with E-state index in [4.69, 9.17) is 4.74 Å². The van der Waals surface area contributed by atoms with Gasteiger partial charge in [-0.1, -0.05) is 72.8 Å². The minimum Gasteiger partial charge on any atom is -0.497 e. The Morgan fingerprint density at radius 1 is 0.946 bits per heavy atom. The molecule has 192 valence electrons. The standard InChI is InChI=1S/C30H32N2O5/c1-21(24-12-8-5-9-13-24)31-28(36)32-26(33)29(2,19-18-22-14-16-25(37-3)17-15-22)30(32,27(34)35)20-23-10-6-4-7-11-23/h4-17,21H,18-20H2,1-3H3,(H,31,36)(H,34,35)/t21-,29+,30-/m1/s1. The SMILES string of the molecule is COc1ccc(CC[C@@]2(C)C(=O)N(C(=O)N[C@H](C)c3ccccc3)[C@]2(Cc2ccccc2)C(=O)O)cc1. The number of hydrogen-bond acceptors (Lipinski definition) is 4. The van der Waals surface area contributed by atoms with Gasteiger partial charge in [-0.25, -0.2) is 14.5 Å². The first-order valence-electron chi connectivity index (χ1n) is 12.3. The highest BCUT2D eigenvalue weighted by atomic mass is 16.5. The molecule has 0 spiro atoms. The van der Waals surface area contributed by atoms with Crippen LogP contribution < -0.4 is 10.1 Å². The summed E-state index contributed by atoms with van der Waals surface area (Å²) >= 11 is 0. The molecule has 4 rings (SSSR count). The van der Waals surface area contributed by atoms with Gasteiger partial charge in [0, 0.05) is 6.42 Å². The molecule has 1 aliphatic heterocycles. The fourth-order valence-electron chi connectivity index (χ4n) is 5.20. The first-order valence-corrected chi connectivity index (χ1v) is 12.3. The minimum absolute atomic E-state index is 0.0150. The summed E-state index contributed by atoms with van der Waals surface area (Å²) < 4.78 is 5.22. The zero-order chi connectivity index (χ0) is 26.6. The van der Waals surface area contributed by atoms with Crippen LogP contribution in [0.2, 0.25) is 0 Å². The minimum atomic E-state index is -1.74. The monoisotopic (exact) mass is 500 g/mol. The molecule has 0 aliphatic carbocycles. The third-order valence-electron chi connectivity index (χ3n) is 7.54. The average Bonchev–Trinajstić information content (AvgIpc) is 2.92. The van der Waals surface area contributed by atoms with Gasteiger partial charge in [-0.05, 0) is 55.5 Å². The van der Waals surface area contributed by atoms with E-state index in [0.29, 0.717) is 12.2 Å². The molecule has 1 fully saturated rings. The summed E-state index contributed by atoms with van der Waals surface area (Å²) in [4.78, 5) is 41.1. The summed E-state index contributed by atoms with van der Waals surface area (Å²) in [6.45, 7) is 3.47. The van der Waals surface area contributed by atoms with Gasteiger partial charge < -0.3 is 15.2 Å². The number of carbonyl (C=O) groups excluding carboxylic acids is 2. The first kappa shape index (κ1) is 25.9. The Balaban J connectivity index is 1.66. The van der Waals surface area contributed by atoms with Crippen LogP contribution in [0.4, 0.5) is 4.79 Å². The molecule has 2 N–H and O–H groups in total. The summed E-state index contributed by atoms with van der Waals surface area (Å²) in [5.41, 5.74) is -0.480. The van der Waals surface area contributed by atoms with Crippen LogP contribution >= 0.6 is 0 Å². The molecular weight excluding hydrogens is 468 g/mol. The summed E-state index contributed by atoms with van der Waals surface area (Å²) in [5.74, 6) is -0.971. The summed E-state index contributed by atoms with van der Waals surface area (Å²) in [6.07, 6.45) is 0.766. The molecule has 3 amide bonds. The van der Waals surface area contributed by atoms with Crippen molar-refractivity contribution in [3.8, 4) is 5.75 Å². The van der Waals surface area contributed by atoms with E-state index in [9.17, 15) is 19.5 Å². The highest BCUT2D eigenvalue weighted by Gasteiger charge is 2.74. The third kappa shape index (κ3) is 4.69. The molecule has 0 radical (unpaired) electrons. The number of likely N-dealkylation sites (tertiary alicyclic amines) is 1. The Bertz CT molecular complexity index is 1260. The topological polar surface area (TPSA) is 95.9 Å². The van der Waals surface area contributed by atoms with Crippen LogP contribution in [0.15, 0.2) is 84.9 Å². The average molecular weight is 501 g/mol. The Labute approximate surface area is 217 Å². The van der Waals surface area contributed by atoms with Crippen molar-refractivity contribution >= 4 is 17.9 Å². The van der Waals surface area contributed by atoms with Gasteiger partial charge in [-0.3, -0.25) is 4.79 Å². The van der Waals surface area contributed by atoms with Crippen LogP contribution in [-0.2, 0) is 22.4 Å². The van der Waals surface area contributed by atoms with Crippen molar-refractivity contribution in [2.75, 3.05) is 7.11 Å². The molecule has 3 aromatic carbocycles. The second kappa shape index (κ2) is 10.5. The number of nitrogens with one attached hydrogen (secondary N) is 1. The lowest BCUT2D eigenvalue weighted by molar-refractivity contribution is -0.197. The molecule has 0 aromatic heterocycles. The molecule has 3 atom stereocenters. The number of carbonyl (C=O) groups is 3. The fourth-order valence-corrected chi connectivity index (χ4v) is 5.20. The number of aliphatic carboxylic acids is 1. The van der Waals surface area contributed by atoms with Crippen LogP contribution in [0.1, 0.15) is 43.0 Å². The van der Waals surface area contributed by atoms with Crippen molar-refractivity contribution in [2.24, 2.45) is 5.41 Å². The second-order valence-electron chi connectivity index (χ2n) is 9.73. The van der Waals surface area contributed by atoms with Crippen LogP contribution in [0, 0.1) is 5.41 Å². The van der Waals surface area contributed by atoms with Crippen molar-refractivity contribution in [1.29, 1.82) is 0 Å². The van der Waals surface area contributed by atoms with Crippen LogP contribution in [0.3, 0.4) is 0 Å². The van der Waals surface area contributed by atoms with E-state index in [0.717, 1.165) is 21.6 Å². The predicted octanol–water partition coefficient (Wildman–Crippen LogP) is 5.01. The van der Waals surface area contributed by atoms with Crippen molar-refractivity contribution in [1.82, 2.24) is 10.2 Å². The van der Waals surface area contributed by atoms with E-state index in [1.54, 1.807) is 21.0 Å². The number of carboxylic acid groups (broad SMARTS) is 1. The largest absolute Gasteiger partial charge is 0.497 e. The van der Waals surface area contributed by atoms with Crippen molar-refractivity contribution in [3.05, 3.63) is 102 Å². The fraction of sp³-hybridized carbons (Fsp3) is 0.300. The smallest absolute Gasteiger partial charge is 0.331 e. The molecule has 7 heteroatoms. The van der Waals surface area contributed by atoms with Crippen LogP contribution in [-0.4, -0.2) is 40.6 Å². The summed E-state index contributed by atoms with van der Waals surface area (Å²) in [7, 11) is 1.59. The number of urea groups is 1. The van der Waals surface area contributed by atoms with Gasteiger partial charge >= 0.3 is 12.0 Å². The third-order valence-corrected chi connectivity index (χ3v) is 7.54. The molecule has 1 saturated heterocycles. The number of amides is 3. The Morgan fingerprint density at radius 3 is 2.11 bits per heavy atom. The molecule has 1 heterocycles. The predicted molar refractivity (Wildman–Crippen MR) is 140 cm³/mol. The van der Waals surface area contributed by atoms with Crippen LogP contribution in [0.25, 0.3) is 0 Å². The van der Waals surface area contributed by atoms with E-state index in [-0.39, 0.29) is 12.8 Å². The van der Waals surface area contributed by atoms with Crippen molar-refractivity contribution < 1.29 is 24.2 Å². The van der Waals surface area contributed by atoms with E-state index in [2.05, 4.69) is 5.32 Å². The number of β-lactam (4-membered cyclic amide) rings is 1. The van der Waals surface area contributed by atoms with E-state index < -0.39 is 34.9 Å². The lowest BCUT2D eigenvalue weighted by Crippen LogP contribution is -2.83. The maximum absolute atomic E-state index is 13.7. The van der Waals surface area contributed by atoms with E-state index in [1.165, 1.54) is 0 Å². The maximum Gasteiger partial charge on any atom is 0.331 e. The van der Waals surface area contributed by atoms with Gasteiger partial charge in [-0.15, -0.1) is 0 Å². The van der Waals surface area contributed by atoms with E-state index in [1.807, 2.05) is 84.9 Å². The zero-order valence-corrected chi connectivity index (χ0v) is 21.3. The highest BCUT2D eigenvalue weighted by Crippen LogP contribution is 2.53. The number of aryl methyl sites for hydroxylation is 1. The van der Waals surface area contributed by atoms with Gasteiger partial charge in [0.2, 0.25) is 5.91 Å². The Hall–Kier alpha value is -4.13. The number of carboxylic acids is 1. The normalized spacial score (nSPS) is 21.6. The Morgan fingerprint density at radius 2 is 1.54 bits per heavy atom. The molecule has 3 aromatic rings. The number of rotatable bonds is 9. The van der Waals surface area contributed by atoms with E-state index >= 15 is 0 Å². The molecule has 0 bridgehead atoms. The summed E-state index contributed by atoms with van der Waals surface area (Å²) in [6, 6.07) is 24.8. The molecular formula is C30H32N2O5. The molecule has 37 heavy (non-hydrogen) atoms. The molecule has 1 aliphatic rings. The van der Waals surface area contributed by atoms with Crippen molar-refractivity contribution in [2.45, 2.75) is 44.7 Å². The number of benzene rings is 3. The second-order valence-corrected chi connectivity index (χ2v) is 9.73. The van der Waals surface area contributed by atoms with Gasteiger partial charge in [0.05, 0.1) is 18.6 Å². The number of methoxy groups -OCH3 is 1. The molecule has 7 nitrogen and oxygen atoms in total. The van der Waals surface area contributed by atoms with Gasteiger partial charge in [0.1, 0.15) is 5.75 Å². The maximum atomic E-state index is 13.7. The number of nitrogens with zero attached hydrogens (tertiary/aromatic N) is 1. The van der Waals surface area contributed by atoms with Gasteiger partial charge in [0.15, 0.2) is 5.54 Å².